The molecule has 3 heterocycles. The van der Waals surface area contributed by atoms with Gasteiger partial charge in [-0.1, -0.05) is 18.2 Å². The summed E-state index contributed by atoms with van der Waals surface area (Å²) < 4.78 is 36.7. The summed E-state index contributed by atoms with van der Waals surface area (Å²) in [5, 5.41) is -0.285. The first kappa shape index (κ1) is 19.4. The molecule has 150 valence electrons. The summed E-state index contributed by atoms with van der Waals surface area (Å²) in [5.74, 6) is -0.307. The molecule has 1 aliphatic rings. The van der Waals surface area contributed by atoms with Crippen LogP contribution >= 0.6 is 0 Å². The fourth-order valence-corrected chi connectivity index (χ4v) is 3.92. The Hall–Kier alpha value is -2.91. The summed E-state index contributed by atoms with van der Waals surface area (Å²) in [7, 11) is -3.56. The highest BCUT2D eigenvalue weighted by atomic mass is 32.2. The van der Waals surface area contributed by atoms with Crippen LogP contribution in [-0.2, 0) is 29.3 Å². The number of rotatable bonds is 4. The van der Waals surface area contributed by atoms with Crippen LogP contribution in [0.1, 0.15) is 16.8 Å². The first-order chi connectivity index (χ1) is 13.8. The van der Waals surface area contributed by atoms with E-state index in [1.165, 1.54) is 12.1 Å². The van der Waals surface area contributed by atoms with E-state index in [2.05, 4.69) is 19.9 Å². The number of aromatic nitrogens is 3. The van der Waals surface area contributed by atoms with Crippen LogP contribution in [-0.4, -0.2) is 41.1 Å². The second-order valence-electron chi connectivity index (χ2n) is 7.09. The number of hydrogen-bond acceptors (Lipinski definition) is 6. The van der Waals surface area contributed by atoms with Crippen molar-refractivity contribution in [3.05, 3.63) is 75.6 Å². The molecule has 0 bridgehead atoms. The Balaban J connectivity index is 1.50. The highest BCUT2D eigenvalue weighted by Crippen LogP contribution is 2.20. The number of nitrogens with zero attached hydrogens (tertiary/aromatic N) is 3. The van der Waals surface area contributed by atoms with E-state index in [0.717, 1.165) is 11.8 Å². The van der Waals surface area contributed by atoms with Gasteiger partial charge in [0.2, 0.25) is 15.0 Å². The Morgan fingerprint density at radius 2 is 2.07 bits per heavy atom. The normalized spacial score (nSPS) is 14.6. The van der Waals surface area contributed by atoms with E-state index < -0.39 is 15.4 Å². The van der Waals surface area contributed by atoms with Gasteiger partial charge in [0.1, 0.15) is 5.82 Å². The predicted molar refractivity (Wildman–Crippen MR) is 105 cm³/mol. The van der Waals surface area contributed by atoms with Crippen LogP contribution in [0.25, 0.3) is 11.3 Å². The molecule has 1 N–H and O–H groups in total. The Kier molecular flexibility index (Phi) is 5.01. The summed E-state index contributed by atoms with van der Waals surface area (Å²) >= 11 is 0. The zero-order valence-corrected chi connectivity index (χ0v) is 16.5. The van der Waals surface area contributed by atoms with E-state index in [4.69, 9.17) is 0 Å². The Morgan fingerprint density at radius 1 is 1.24 bits per heavy atom. The summed E-state index contributed by atoms with van der Waals surface area (Å²) in [5.41, 5.74) is 2.97. The molecule has 0 unspecified atom stereocenters. The molecule has 0 spiro atoms. The summed E-state index contributed by atoms with van der Waals surface area (Å²) in [6, 6.07) is 10.0. The number of sulfone groups is 1. The molecule has 1 aromatic carbocycles. The Bertz CT molecular complexity index is 1220. The largest absolute Gasteiger partial charge is 0.297 e. The van der Waals surface area contributed by atoms with Gasteiger partial charge < -0.3 is 0 Å². The molecule has 0 amide bonds. The maximum absolute atomic E-state index is 13.4. The standard InChI is InChI=1S/C20H19FN4O3S/c1-29(27,28)20-23-18-7-8-25(12-16(18)19(26)24-20)11-13-5-6-17(22-10-13)14-3-2-4-15(21)9-14/h2-6,9-10H,7-8,11-12H2,1H3,(H,23,24,26). The van der Waals surface area contributed by atoms with Crippen molar-refractivity contribution in [2.45, 2.75) is 24.7 Å². The van der Waals surface area contributed by atoms with Crippen LogP contribution in [0.2, 0.25) is 0 Å². The lowest BCUT2D eigenvalue weighted by Crippen LogP contribution is -2.36. The fourth-order valence-electron chi connectivity index (χ4n) is 3.36. The predicted octanol–water partition coefficient (Wildman–Crippen LogP) is 1.93. The quantitative estimate of drug-likeness (QED) is 0.656. The molecule has 9 heteroatoms. The molecule has 0 saturated heterocycles. The zero-order chi connectivity index (χ0) is 20.6. The van der Waals surface area contributed by atoms with E-state index in [-0.39, 0.29) is 11.0 Å². The second-order valence-corrected chi connectivity index (χ2v) is 9.02. The molecule has 0 aliphatic carbocycles. The molecule has 1 aliphatic heterocycles. The monoisotopic (exact) mass is 414 g/mol. The minimum Gasteiger partial charge on any atom is -0.297 e. The number of fused-ring (bicyclic) bond motifs is 1. The third-order valence-electron chi connectivity index (χ3n) is 4.83. The van der Waals surface area contributed by atoms with E-state index in [1.807, 2.05) is 12.1 Å². The minimum absolute atomic E-state index is 0.285. The molecule has 3 aromatic rings. The third kappa shape index (κ3) is 4.25. The van der Waals surface area contributed by atoms with Gasteiger partial charge >= 0.3 is 0 Å². The molecular formula is C20H19FN4O3S. The molecule has 0 saturated carbocycles. The van der Waals surface area contributed by atoms with Gasteiger partial charge in [0.25, 0.3) is 5.56 Å². The Morgan fingerprint density at radius 3 is 2.76 bits per heavy atom. The minimum atomic E-state index is -3.56. The topological polar surface area (TPSA) is 96.0 Å². The maximum Gasteiger partial charge on any atom is 0.256 e. The van der Waals surface area contributed by atoms with Crippen molar-refractivity contribution >= 4 is 9.84 Å². The van der Waals surface area contributed by atoms with E-state index >= 15 is 0 Å². The van der Waals surface area contributed by atoms with Crippen molar-refractivity contribution in [3.8, 4) is 11.3 Å². The Labute approximate surface area is 167 Å². The first-order valence-corrected chi connectivity index (χ1v) is 10.9. The van der Waals surface area contributed by atoms with Crippen LogP contribution in [0, 0.1) is 5.82 Å². The zero-order valence-electron chi connectivity index (χ0n) is 15.7. The summed E-state index contributed by atoms with van der Waals surface area (Å²) in [6.45, 7) is 1.62. The average Bonchev–Trinajstić information content (AvgIpc) is 2.68. The highest BCUT2D eigenvalue weighted by molar-refractivity contribution is 7.90. The first-order valence-electron chi connectivity index (χ1n) is 9.05. The molecule has 29 heavy (non-hydrogen) atoms. The third-order valence-corrected chi connectivity index (χ3v) is 5.72. The van der Waals surface area contributed by atoms with Gasteiger partial charge in [0, 0.05) is 44.1 Å². The van der Waals surface area contributed by atoms with Crippen LogP contribution in [0.4, 0.5) is 4.39 Å². The van der Waals surface area contributed by atoms with Gasteiger partial charge in [-0.3, -0.25) is 19.7 Å². The lowest BCUT2D eigenvalue weighted by atomic mass is 10.1. The van der Waals surface area contributed by atoms with E-state index in [9.17, 15) is 17.6 Å². The van der Waals surface area contributed by atoms with Crippen LogP contribution in [0.3, 0.4) is 0 Å². The van der Waals surface area contributed by atoms with Gasteiger partial charge in [-0.25, -0.2) is 17.8 Å². The van der Waals surface area contributed by atoms with Gasteiger partial charge in [0.05, 0.1) is 17.0 Å². The number of nitrogens with one attached hydrogen (secondary N) is 1. The van der Waals surface area contributed by atoms with E-state index in [0.29, 0.717) is 48.6 Å². The maximum atomic E-state index is 13.4. The summed E-state index contributed by atoms with van der Waals surface area (Å²) in [4.78, 5) is 25.3. The molecule has 0 atom stereocenters. The van der Waals surface area contributed by atoms with E-state index in [1.54, 1.807) is 18.3 Å². The van der Waals surface area contributed by atoms with Gasteiger partial charge in [0.15, 0.2) is 0 Å². The smallest absolute Gasteiger partial charge is 0.256 e. The number of H-pyrrole nitrogens is 1. The fraction of sp³-hybridized carbons (Fsp3) is 0.250. The van der Waals surface area contributed by atoms with Gasteiger partial charge in [-0.05, 0) is 23.8 Å². The molecule has 7 nitrogen and oxygen atoms in total. The number of benzene rings is 1. The molecule has 4 rings (SSSR count). The lowest BCUT2D eigenvalue weighted by molar-refractivity contribution is 0.240. The lowest BCUT2D eigenvalue weighted by Gasteiger charge is -2.27. The van der Waals surface area contributed by atoms with Crippen molar-refractivity contribution < 1.29 is 12.8 Å². The van der Waals surface area contributed by atoms with Crippen LogP contribution in [0.5, 0.6) is 0 Å². The van der Waals surface area contributed by atoms with Crippen LogP contribution in [0.15, 0.2) is 52.5 Å². The number of hydrogen-bond donors (Lipinski definition) is 1. The number of pyridine rings is 1. The van der Waals surface area contributed by atoms with Crippen LogP contribution < -0.4 is 5.56 Å². The molecule has 2 aromatic heterocycles. The highest BCUT2D eigenvalue weighted by Gasteiger charge is 2.23. The SMILES string of the molecule is CS(=O)(=O)c1nc2c(c(=O)[nH]1)CN(Cc1ccc(-c3cccc(F)c3)nc1)CC2. The van der Waals surface area contributed by atoms with Crippen molar-refractivity contribution in [3.63, 3.8) is 0 Å². The average molecular weight is 414 g/mol. The molecule has 0 fully saturated rings. The van der Waals surface area contributed by atoms with Gasteiger partial charge in [-0.2, -0.15) is 0 Å². The second kappa shape index (κ2) is 7.49. The van der Waals surface area contributed by atoms with Crippen molar-refractivity contribution in [2.75, 3.05) is 12.8 Å². The van der Waals surface area contributed by atoms with Crippen molar-refractivity contribution in [1.29, 1.82) is 0 Å². The summed E-state index contributed by atoms with van der Waals surface area (Å²) in [6.07, 6.45) is 3.26. The molecule has 0 radical (unpaired) electrons. The number of halogens is 1. The van der Waals surface area contributed by atoms with Crippen molar-refractivity contribution in [2.24, 2.45) is 0 Å². The number of aromatic amines is 1. The van der Waals surface area contributed by atoms with Gasteiger partial charge in [-0.15, -0.1) is 0 Å². The molecular weight excluding hydrogens is 395 g/mol. The van der Waals surface area contributed by atoms with Crippen molar-refractivity contribution in [1.82, 2.24) is 19.9 Å².